The largest absolute Gasteiger partial charge is 0.497 e. The summed E-state index contributed by atoms with van der Waals surface area (Å²) in [6, 6.07) is 21.5. The van der Waals surface area contributed by atoms with Crippen LogP contribution in [0.25, 0.3) is 0 Å². The van der Waals surface area contributed by atoms with E-state index in [9.17, 15) is 22.8 Å². The molecular formula is C29H33N3O6S. The highest BCUT2D eigenvalue weighted by Gasteiger charge is 2.32. The predicted molar refractivity (Wildman–Crippen MR) is 150 cm³/mol. The van der Waals surface area contributed by atoms with Crippen molar-refractivity contribution in [2.45, 2.75) is 25.9 Å². The number of anilines is 1. The molecule has 0 unspecified atom stereocenters. The number of ether oxygens (including phenoxy) is 1. The van der Waals surface area contributed by atoms with Gasteiger partial charge in [-0.3, -0.25) is 18.7 Å². The van der Waals surface area contributed by atoms with Gasteiger partial charge in [-0.1, -0.05) is 54.6 Å². The minimum Gasteiger partial charge on any atom is -0.497 e. The highest BCUT2D eigenvalue weighted by atomic mass is 32.2. The maximum Gasteiger partial charge on any atom is 0.244 e. The highest BCUT2D eigenvalue weighted by Crippen LogP contribution is 2.22. The van der Waals surface area contributed by atoms with E-state index in [2.05, 4.69) is 5.32 Å². The zero-order chi connectivity index (χ0) is 28.6. The Morgan fingerprint density at radius 1 is 0.923 bits per heavy atom. The van der Waals surface area contributed by atoms with Gasteiger partial charge in [0.2, 0.25) is 21.8 Å². The van der Waals surface area contributed by atoms with Gasteiger partial charge in [-0.25, -0.2) is 8.42 Å². The molecule has 0 fully saturated rings. The first-order chi connectivity index (χ1) is 18.5. The number of likely N-dealkylation sites (N-methyl/N-ethyl adjacent to an activating group) is 1. The summed E-state index contributed by atoms with van der Waals surface area (Å²) in [7, 11) is -0.907. The molecule has 0 aliphatic heterocycles. The van der Waals surface area contributed by atoms with Crippen LogP contribution in [0.5, 0.6) is 5.75 Å². The van der Waals surface area contributed by atoms with Crippen LogP contribution >= 0.6 is 0 Å². The molecule has 10 heteroatoms. The highest BCUT2D eigenvalue weighted by molar-refractivity contribution is 7.92. The van der Waals surface area contributed by atoms with Crippen LogP contribution in [0, 0.1) is 0 Å². The quantitative estimate of drug-likeness (QED) is 0.346. The molecule has 0 bridgehead atoms. The Morgan fingerprint density at radius 3 is 2.21 bits per heavy atom. The molecule has 1 atom stereocenters. The summed E-state index contributed by atoms with van der Waals surface area (Å²) in [6.07, 6.45) is 1.21. The average molecular weight is 552 g/mol. The Balaban J connectivity index is 2.05. The van der Waals surface area contributed by atoms with E-state index < -0.39 is 28.5 Å². The molecule has 3 aromatic rings. The number of nitrogens with one attached hydrogen (secondary N) is 1. The summed E-state index contributed by atoms with van der Waals surface area (Å²) < 4.78 is 31.9. The van der Waals surface area contributed by atoms with Crippen molar-refractivity contribution in [3.8, 4) is 5.75 Å². The third-order valence-corrected chi connectivity index (χ3v) is 7.37. The van der Waals surface area contributed by atoms with Gasteiger partial charge in [0, 0.05) is 25.6 Å². The number of carbonyl (C=O) groups is 3. The first-order valence-electron chi connectivity index (χ1n) is 12.3. The van der Waals surface area contributed by atoms with Gasteiger partial charge in [-0.15, -0.1) is 0 Å². The van der Waals surface area contributed by atoms with E-state index in [1.165, 1.54) is 38.1 Å². The Bertz CT molecular complexity index is 1430. The molecule has 0 heterocycles. The Morgan fingerprint density at radius 2 is 1.59 bits per heavy atom. The van der Waals surface area contributed by atoms with Crippen molar-refractivity contribution in [2.75, 3.05) is 31.3 Å². The summed E-state index contributed by atoms with van der Waals surface area (Å²) in [4.78, 5) is 40.4. The van der Waals surface area contributed by atoms with Crippen LogP contribution in [0.15, 0.2) is 78.9 Å². The van der Waals surface area contributed by atoms with Crippen LogP contribution < -0.4 is 14.4 Å². The number of benzene rings is 3. The lowest BCUT2D eigenvalue weighted by molar-refractivity contribution is -0.139. The Labute approximate surface area is 229 Å². The number of hydrogen-bond acceptors (Lipinski definition) is 6. The van der Waals surface area contributed by atoms with Gasteiger partial charge in [0.15, 0.2) is 5.78 Å². The maximum absolute atomic E-state index is 13.9. The van der Waals surface area contributed by atoms with Crippen LogP contribution in [0.4, 0.5) is 5.69 Å². The molecule has 3 rings (SSSR count). The van der Waals surface area contributed by atoms with Gasteiger partial charge in [0.05, 0.1) is 19.1 Å². The fourth-order valence-electron chi connectivity index (χ4n) is 4.18. The molecule has 39 heavy (non-hydrogen) atoms. The first-order valence-corrected chi connectivity index (χ1v) is 14.1. The van der Waals surface area contributed by atoms with Gasteiger partial charge < -0.3 is 15.0 Å². The van der Waals surface area contributed by atoms with Crippen LogP contribution in [0.2, 0.25) is 0 Å². The Kier molecular flexibility index (Phi) is 9.84. The molecule has 2 amide bonds. The second kappa shape index (κ2) is 13.1. The average Bonchev–Trinajstić information content (AvgIpc) is 2.93. The van der Waals surface area contributed by atoms with E-state index in [1.54, 1.807) is 36.4 Å². The number of nitrogens with zero attached hydrogens (tertiary/aromatic N) is 2. The lowest BCUT2D eigenvalue weighted by Crippen LogP contribution is -2.52. The van der Waals surface area contributed by atoms with E-state index in [4.69, 9.17) is 4.74 Å². The summed E-state index contributed by atoms with van der Waals surface area (Å²) in [5.74, 6) is -0.627. The van der Waals surface area contributed by atoms with Gasteiger partial charge in [0.1, 0.15) is 18.3 Å². The molecular weight excluding hydrogens is 518 g/mol. The molecule has 0 saturated heterocycles. The summed E-state index contributed by atoms with van der Waals surface area (Å²) in [5, 5.41) is 2.64. The number of ketones is 1. The first kappa shape index (κ1) is 29.4. The Hall–Kier alpha value is -4.18. The second-order valence-electron chi connectivity index (χ2n) is 9.07. The summed E-state index contributed by atoms with van der Waals surface area (Å²) >= 11 is 0. The van der Waals surface area contributed by atoms with Crippen LogP contribution in [-0.4, -0.2) is 63.9 Å². The lowest BCUT2D eigenvalue weighted by atomic mass is 10.0. The van der Waals surface area contributed by atoms with E-state index in [0.29, 0.717) is 16.9 Å². The summed E-state index contributed by atoms with van der Waals surface area (Å²) in [6.45, 7) is 0.848. The van der Waals surface area contributed by atoms with E-state index >= 15 is 0 Å². The van der Waals surface area contributed by atoms with Crippen molar-refractivity contribution >= 4 is 33.3 Å². The standard InChI is InChI=1S/C29H33N3O6S/c1-21(33)24-13-9-14-25(18-24)32(39(4,36)37)20-28(34)31(19-23-12-8-15-26(16-23)38-3)27(29(35)30-2)17-22-10-6-5-7-11-22/h5-16,18,27H,17,19-20H2,1-4H3,(H,30,35)/t27-/m0/s1. The third-order valence-electron chi connectivity index (χ3n) is 6.22. The van der Waals surface area contributed by atoms with Gasteiger partial charge in [-0.2, -0.15) is 0 Å². The molecule has 0 aromatic heterocycles. The van der Waals surface area contributed by atoms with E-state index in [-0.39, 0.29) is 30.3 Å². The molecule has 0 radical (unpaired) electrons. The van der Waals surface area contributed by atoms with Crippen molar-refractivity contribution in [1.29, 1.82) is 0 Å². The van der Waals surface area contributed by atoms with Crippen molar-refractivity contribution in [2.24, 2.45) is 0 Å². The number of amides is 2. The van der Waals surface area contributed by atoms with E-state index in [0.717, 1.165) is 16.1 Å². The molecule has 0 saturated carbocycles. The minimum absolute atomic E-state index is 0.0338. The summed E-state index contributed by atoms with van der Waals surface area (Å²) in [5.41, 5.74) is 2.03. The zero-order valence-electron chi connectivity index (χ0n) is 22.5. The normalized spacial score (nSPS) is 11.8. The van der Waals surface area contributed by atoms with E-state index in [1.807, 2.05) is 30.3 Å². The van der Waals surface area contributed by atoms with Gasteiger partial charge >= 0.3 is 0 Å². The topological polar surface area (TPSA) is 113 Å². The fourth-order valence-corrected chi connectivity index (χ4v) is 5.02. The number of rotatable bonds is 12. The molecule has 1 N–H and O–H groups in total. The number of sulfonamides is 1. The molecule has 0 aliphatic rings. The van der Waals surface area contributed by atoms with Crippen molar-refractivity contribution < 1.29 is 27.5 Å². The van der Waals surface area contributed by atoms with Crippen molar-refractivity contribution in [1.82, 2.24) is 10.2 Å². The van der Waals surface area contributed by atoms with Gasteiger partial charge in [0.25, 0.3) is 0 Å². The second-order valence-corrected chi connectivity index (χ2v) is 11.0. The number of Topliss-reactive ketones (excluding diaryl/α,β-unsaturated/α-hetero) is 1. The lowest BCUT2D eigenvalue weighted by Gasteiger charge is -2.33. The smallest absolute Gasteiger partial charge is 0.244 e. The SMILES string of the molecule is CNC(=O)[C@H](Cc1ccccc1)N(Cc1cccc(OC)c1)C(=O)CN(c1cccc(C(C)=O)c1)S(C)(=O)=O. The number of hydrogen-bond donors (Lipinski definition) is 1. The predicted octanol–water partition coefficient (Wildman–Crippen LogP) is 3.05. The molecule has 206 valence electrons. The number of carbonyl (C=O) groups excluding carboxylic acids is 3. The van der Waals surface area contributed by atoms with Crippen LogP contribution in [0.3, 0.4) is 0 Å². The molecule has 3 aromatic carbocycles. The zero-order valence-corrected chi connectivity index (χ0v) is 23.3. The van der Waals surface area contributed by atoms with Gasteiger partial charge in [-0.05, 0) is 42.3 Å². The molecule has 0 aliphatic carbocycles. The minimum atomic E-state index is -3.93. The van der Waals surface area contributed by atoms with Crippen molar-refractivity contribution in [3.05, 3.63) is 95.6 Å². The molecule has 0 spiro atoms. The third kappa shape index (κ3) is 7.90. The maximum atomic E-state index is 13.9. The van der Waals surface area contributed by atoms with Crippen molar-refractivity contribution in [3.63, 3.8) is 0 Å². The molecule has 9 nitrogen and oxygen atoms in total. The monoisotopic (exact) mass is 551 g/mol. The van der Waals surface area contributed by atoms with Crippen LogP contribution in [0.1, 0.15) is 28.4 Å². The number of methoxy groups -OCH3 is 1. The fraction of sp³-hybridized carbons (Fsp3) is 0.276. The van der Waals surface area contributed by atoms with Crippen LogP contribution in [-0.2, 0) is 32.6 Å².